The van der Waals surface area contributed by atoms with E-state index in [0.717, 1.165) is 27.8 Å². The number of oxime groups is 1. The number of ether oxygens (including phenoxy) is 2. The van der Waals surface area contributed by atoms with Crippen LogP contribution >= 0.6 is 45.7 Å². The van der Waals surface area contributed by atoms with Gasteiger partial charge in [0.25, 0.3) is 11.8 Å². The van der Waals surface area contributed by atoms with Crippen LogP contribution in [0.25, 0.3) is 0 Å². The van der Waals surface area contributed by atoms with E-state index in [1.54, 1.807) is 26.2 Å². The van der Waals surface area contributed by atoms with E-state index in [-0.39, 0.29) is 17.1 Å². The normalized spacial score (nSPS) is 17.7. The zero-order valence-corrected chi connectivity index (χ0v) is 43.1. The summed E-state index contributed by atoms with van der Waals surface area (Å²) in [5.74, 6) is -2.13. The number of nitrogens with zero attached hydrogens (tertiary/aromatic N) is 3. The topological polar surface area (TPSA) is 149 Å². The minimum Gasteiger partial charge on any atom is -0.457 e. The van der Waals surface area contributed by atoms with E-state index in [2.05, 4.69) is 74.8 Å². The first kappa shape index (κ1) is 49.4. The van der Waals surface area contributed by atoms with Crippen molar-refractivity contribution >= 4 is 80.3 Å². The van der Waals surface area contributed by atoms with Crippen molar-refractivity contribution in [2.24, 2.45) is 5.16 Å². The molecule has 9 rings (SSSR count). The number of nitrogens with one attached hydrogen (secondary N) is 2. The molecule has 71 heavy (non-hydrogen) atoms. The monoisotopic (exact) mass is 1100 g/mol. The van der Waals surface area contributed by atoms with Crippen molar-refractivity contribution < 1.29 is 33.5 Å². The number of carbonyl (C=O) groups excluding carboxylic acids is 4. The minimum atomic E-state index is -1.42. The summed E-state index contributed by atoms with van der Waals surface area (Å²) in [6.07, 6.45) is 4.39. The number of β-lactam (4-membered cyclic amide) rings is 1. The second-order valence-corrected chi connectivity index (χ2v) is 21.1. The highest BCUT2D eigenvalue weighted by Crippen LogP contribution is 2.44. The Morgan fingerprint density at radius 2 is 1.37 bits per heavy atom. The lowest BCUT2D eigenvalue weighted by molar-refractivity contribution is -0.196. The molecule has 3 heterocycles. The molecule has 2 aliphatic heterocycles. The number of esters is 2. The number of allylic oxidation sites excluding steroid dienone is 2. The van der Waals surface area contributed by atoms with Gasteiger partial charge in [0, 0.05) is 28.4 Å². The van der Waals surface area contributed by atoms with Crippen molar-refractivity contribution in [2.75, 3.05) is 15.5 Å². The second-order valence-electron chi connectivity index (χ2n) is 18.3. The Morgan fingerprint density at radius 1 is 0.831 bits per heavy atom. The molecule has 12 nitrogen and oxygen atoms in total. The van der Waals surface area contributed by atoms with Crippen molar-refractivity contribution in [2.45, 2.75) is 74.3 Å². The average Bonchev–Trinajstić information content (AvgIpc) is 3.84. The third kappa shape index (κ3) is 10.4. The number of amides is 2. The van der Waals surface area contributed by atoms with Gasteiger partial charge in [-0.15, -0.1) is 23.1 Å². The van der Waals surface area contributed by atoms with E-state index in [1.807, 2.05) is 127 Å². The highest BCUT2D eigenvalue weighted by molar-refractivity contribution is 14.1. The molecule has 3 aliphatic rings. The fraction of sp³-hybridized carbons (Fsp3) is 0.250. The lowest BCUT2D eigenvalue weighted by Crippen LogP contribution is -2.71. The molecule has 0 bridgehead atoms. The number of halogens is 1. The zero-order valence-electron chi connectivity index (χ0n) is 39.3. The number of thioether (sulfide) groups is 1. The summed E-state index contributed by atoms with van der Waals surface area (Å²) < 4.78 is 12.8. The maximum absolute atomic E-state index is 14.8. The molecule has 0 spiro atoms. The van der Waals surface area contributed by atoms with Gasteiger partial charge in [-0.25, -0.2) is 14.6 Å². The molecule has 2 N–H and O–H groups in total. The molecule has 2 amide bonds. The number of thiazole rings is 1. The van der Waals surface area contributed by atoms with Crippen LogP contribution in [-0.2, 0) is 39.0 Å². The van der Waals surface area contributed by atoms with Gasteiger partial charge in [0.15, 0.2) is 16.9 Å². The molecule has 0 radical (unpaired) electrons. The van der Waals surface area contributed by atoms with Gasteiger partial charge < -0.3 is 24.9 Å². The van der Waals surface area contributed by atoms with Crippen molar-refractivity contribution in [3.63, 3.8) is 0 Å². The van der Waals surface area contributed by atoms with Crippen LogP contribution in [0, 0.1) is 0 Å². The number of benzene rings is 5. The number of aromatic nitrogens is 1. The summed E-state index contributed by atoms with van der Waals surface area (Å²) in [6, 6.07) is 48.0. The molecule has 1 aliphatic carbocycles. The van der Waals surface area contributed by atoms with Crippen molar-refractivity contribution in [1.82, 2.24) is 15.2 Å². The van der Waals surface area contributed by atoms with Gasteiger partial charge in [-0.2, -0.15) is 0 Å². The number of alkyl halides is 1. The number of hydrogen-bond acceptors (Lipinski definition) is 12. The molecule has 2 fully saturated rings. The van der Waals surface area contributed by atoms with Crippen molar-refractivity contribution in [1.29, 1.82) is 0 Å². The van der Waals surface area contributed by atoms with Gasteiger partial charge in [0.1, 0.15) is 33.9 Å². The van der Waals surface area contributed by atoms with Crippen LogP contribution in [0.15, 0.2) is 186 Å². The predicted molar refractivity (Wildman–Crippen MR) is 286 cm³/mol. The molecule has 1 unspecified atom stereocenters. The summed E-state index contributed by atoms with van der Waals surface area (Å²) >= 11 is 4.92. The fourth-order valence-corrected chi connectivity index (χ4v) is 11.1. The molecule has 1 aromatic heterocycles. The van der Waals surface area contributed by atoms with Crippen LogP contribution in [0.1, 0.15) is 79.6 Å². The summed E-state index contributed by atoms with van der Waals surface area (Å²) in [5.41, 5.74) is 1.93. The number of hydrogen-bond donors (Lipinski definition) is 2. The quantitative estimate of drug-likeness (QED) is 0.0172. The molecular weight excluding hydrogens is 1050 g/mol. The van der Waals surface area contributed by atoms with Crippen molar-refractivity contribution in [3.8, 4) is 0 Å². The SMILES string of the molecule is CC(C)(C)OC(=O)C1(O/N=C(\C(=O)NC2C(=O)N3C(C(=O)OC(c4ccccc4)c4ccccc4)=C(C=CCI)CS[C@H]23)c2csc(NC(c3ccccc3)(c3ccccc3)c3ccccc3)n2)CCC1. The largest absolute Gasteiger partial charge is 0.457 e. The van der Waals surface area contributed by atoms with Crippen LogP contribution in [0.4, 0.5) is 5.13 Å². The maximum atomic E-state index is 14.8. The Morgan fingerprint density at radius 3 is 1.86 bits per heavy atom. The van der Waals surface area contributed by atoms with E-state index in [9.17, 15) is 19.2 Å². The van der Waals surface area contributed by atoms with Crippen LogP contribution in [0.3, 0.4) is 0 Å². The van der Waals surface area contributed by atoms with Gasteiger partial charge in [0.2, 0.25) is 5.60 Å². The first-order valence-corrected chi connectivity index (χ1v) is 26.8. The van der Waals surface area contributed by atoms with Crippen LogP contribution in [-0.4, -0.2) is 72.1 Å². The summed E-state index contributed by atoms with van der Waals surface area (Å²) in [6.45, 7) is 5.33. The molecular formula is C56H52IN5O7S2. The fourth-order valence-electron chi connectivity index (χ4n) is 8.82. The van der Waals surface area contributed by atoms with E-state index in [1.165, 1.54) is 28.0 Å². The van der Waals surface area contributed by atoms with E-state index < -0.39 is 58.0 Å². The van der Waals surface area contributed by atoms with Crippen LogP contribution in [0.5, 0.6) is 0 Å². The number of anilines is 1. The van der Waals surface area contributed by atoms with Crippen LogP contribution < -0.4 is 10.6 Å². The number of fused-ring (bicyclic) bond motifs is 1. The second kappa shape index (κ2) is 21.4. The molecule has 1 saturated heterocycles. The summed E-state index contributed by atoms with van der Waals surface area (Å²) in [7, 11) is 0. The van der Waals surface area contributed by atoms with E-state index >= 15 is 0 Å². The number of rotatable bonds is 17. The summed E-state index contributed by atoms with van der Waals surface area (Å²) in [5, 5.41) is 12.6. The Balaban J connectivity index is 1.04. The third-order valence-corrected chi connectivity index (χ3v) is 15.0. The van der Waals surface area contributed by atoms with Gasteiger partial charge >= 0.3 is 11.9 Å². The predicted octanol–water partition coefficient (Wildman–Crippen LogP) is 10.5. The van der Waals surface area contributed by atoms with Gasteiger partial charge in [0.05, 0.1) is 0 Å². The highest BCUT2D eigenvalue weighted by Gasteiger charge is 2.55. The van der Waals surface area contributed by atoms with E-state index in [4.69, 9.17) is 19.3 Å². The smallest absolute Gasteiger partial charge is 0.356 e. The van der Waals surface area contributed by atoms with Gasteiger partial charge in [-0.1, -0.05) is 192 Å². The summed E-state index contributed by atoms with van der Waals surface area (Å²) in [4.78, 5) is 70.0. The van der Waals surface area contributed by atoms with Gasteiger partial charge in [-0.05, 0) is 60.6 Å². The lowest BCUT2D eigenvalue weighted by Gasteiger charge is -2.49. The molecule has 15 heteroatoms. The molecule has 6 aromatic rings. The maximum Gasteiger partial charge on any atom is 0.356 e. The van der Waals surface area contributed by atoms with Crippen LogP contribution in [0.2, 0.25) is 0 Å². The Labute approximate surface area is 435 Å². The standard InChI is InChI=1S/C56H52IN5O7S2/c1-54(2,3)68-52(66)55(32-20-33-55)69-61-44(43-36-71-53(58-43)60-56(40-26-13-6-14-27-40,41-28-15-7-16-29-41)42-30-17-8-18-31-42)48(63)59-45-49(64)62-46(39(25-19-34-57)35-70-50(45)62)51(65)67-47(37-21-9-4-10-22-37)38-23-11-5-12-24-38/h4-19,21-31,36,45,47,50H,20,32-35H2,1-3H3,(H,58,60)(H,59,63)/b25-19?,61-44-/t45?,50-/m1/s1. The molecule has 362 valence electrons. The molecule has 5 aromatic carbocycles. The van der Waals surface area contributed by atoms with Gasteiger partial charge in [-0.3, -0.25) is 14.5 Å². The van der Waals surface area contributed by atoms with Crippen molar-refractivity contribution in [3.05, 3.63) is 214 Å². The van der Waals surface area contributed by atoms with E-state index in [0.29, 0.717) is 40.1 Å². The Hall–Kier alpha value is -6.56. The number of carbonyl (C=O) groups is 4. The molecule has 1 saturated carbocycles. The zero-order chi connectivity index (χ0) is 49.6. The first-order chi connectivity index (χ1) is 34.4. The minimum absolute atomic E-state index is 0.123. The highest BCUT2D eigenvalue weighted by atomic mass is 127. The lowest BCUT2D eigenvalue weighted by atomic mass is 9.77. The Kier molecular flexibility index (Phi) is 14.9. The average molecular weight is 1100 g/mol. The third-order valence-electron chi connectivity index (χ3n) is 12.4. The molecule has 2 atom stereocenters. The Bertz CT molecular complexity index is 2830. The first-order valence-electron chi connectivity index (χ1n) is 23.3.